The average Bonchev–Trinajstić information content (AvgIpc) is 2.39. The lowest BCUT2D eigenvalue weighted by Gasteiger charge is -2.36. The van der Waals surface area contributed by atoms with Crippen LogP contribution in [0.4, 0.5) is 22.0 Å². The molecule has 1 aromatic carbocycles. The third-order valence-corrected chi connectivity index (χ3v) is 3.56. The molecule has 8 heteroatoms. The SMILES string of the molecule is Fc1ccc(F)c([C@H](N2CCNCC2)C(F)(F)F)c1Cl. The first-order valence-electron chi connectivity index (χ1n) is 5.97. The number of hydrogen-bond acceptors (Lipinski definition) is 2. The van der Waals surface area contributed by atoms with E-state index in [0.29, 0.717) is 25.2 Å². The number of nitrogens with zero attached hydrogens (tertiary/aromatic N) is 1. The number of piperazine rings is 1. The van der Waals surface area contributed by atoms with Gasteiger partial charge >= 0.3 is 6.18 Å². The molecule has 0 aromatic heterocycles. The molecule has 0 saturated carbocycles. The fourth-order valence-electron chi connectivity index (χ4n) is 2.29. The first-order chi connectivity index (χ1) is 9.32. The normalized spacial score (nSPS) is 19.1. The van der Waals surface area contributed by atoms with Gasteiger partial charge in [0.15, 0.2) is 0 Å². The van der Waals surface area contributed by atoms with Crippen LogP contribution in [0.5, 0.6) is 0 Å². The van der Waals surface area contributed by atoms with E-state index < -0.39 is 34.4 Å². The zero-order valence-electron chi connectivity index (χ0n) is 10.3. The lowest BCUT2D eigenvalue weighted by Crippen LogP contribution is -2.49. The van der Waals surface area contributed by atoms with Gasteiger partial charge in [0.25, 0.3) is 0 Å². The number of rotatable bonds is 2. The summed E-state index contributed by atoms with van der Waals surface area (Å²) in [5, 5.41) is 2.09. The van der Waals surface area contributed by atoms with Crippen LogP contribution in [0, 0.1) is 11.6 Å². The molecule has 1 aromatic rings. The number of benzene rings is 1. The van der Waals surface area contributed by atoms with E-state index in [1.54, 1.807) is 0 Å². The molecule has 0 bridgehead atoms. The highest BCUT2D eigenvalue weighted by Gasteiger charge is 2.47. The molecule has 0 radical (unpaired) electrons. The Balaban J connectivity index is 2.49. The van der Waals surface area contributed by atoms with Crippen LogP contribution >= 0.6 is 11.6 Å². The molecule has 1 fully saturated rings. The summed E-state index contributed by atoms with van der Waals surface area (Å²) in [4.78, 5) is 1.06. The molecular weight excluding hydrogens is 303 g/mol. The number of alkyl halides is 3. The van der Waals surface area contributed by atoms with E-state index in [1.807, 2.05) is 0 Å². The van der Waals surface area contributed by atoms with Crippen molar-refractivity contribution in [2.75, 3.05) is 26.2 Å². The van der Waals surface area contributed by atoms with E-state index >= 15 is 0 Å². The molecule has 20 heavy (non-hydrogen) atoms. The molecule has 1 atom stereocenters. The van der Waals surface area contributed by atoms with Gasteiger partial charge in [0.05, 0.1) is 5.02 Å². The maximum absolute atomic E-state index is 13.8. The molecule has 2 nitrogen and oxygen atoms in total. The average molecular weight is 315 g/mol. The van der Waals surface area contributed by atoms with Crippen molar-refractivity contribution in [1.29, 1.82) is 0 Å². The Morgan fingerprint density at radius 2 is 1.65 bits per heavy atom. The number of halogens is 6. The second-order valence-electron chi connectivity index (χ2n) is 4.49. The third-order valence-electron chi connectivity index (χ3n) is 3.18. The second-order valence-corrected chi connectivity index (χ2v) is 4.86. The van der Waals surface area contributed by atoms with Crippen molar-refractivity contribution in [3.63, 3.8) is 0 Å². The first-order valence-corrected chi connectivity index (χ1v) is 6.35. The van der Waals surface area contributed by atoms with Crippen LogP contribution in [0.15, 0.2) is 12.1 Å². The predicted octanol–water partition coefficient (Wildman–Crippen LogP) is 3.13. The third kappa shape index (κ3) is 3.05. The molecule has 0 amide bonds. The largest absolute Gasteiger partial charge is 0.408 e. The molecule has 2 rings (SSSR count). The van der Waals surface area contributed by atoms with E-state index in [0.717, 1.165) is 4.90 Å². The monoisotopic (exact) mass is 314 g/mol. The van der Waals surface area contributed by atoms with Crippen LogP contribution in [0.2, 0.25) is 5.02 Å². The van der Waals surface area contributed by atoms with Gasteiger partial charge in [-0.2, -0.15) is 13.2 Å². The number of nitrogens with one attached hydrogen (secondary N) is 1. The van der Waals surface area contributed by atoms with Gasteiger partial charge in [-0.25, -0.2) is 8.78 Å². The van der Waals surface area contributed by atoms with Crippen molar-refractivity contribution < 1.29 is 22.0 Å². The maximum Gasteiger partial charge on any atom is 0.408 e. The fourth-order valence-corrected chi connectivity index (χ4v) is 2.54. The first kappa shape index (κ1) is 15.5. The summed E-state index contributed by atoms with van der Waals surface area (Å²) in [5.74, 6) is -2.22. The van der Waals surface area contributed by atoms with Crippen LogP contribution in [-0.4, -0.2) is 37.3 Å². The number of hydrogen-bond donors (Lipinski definition) is 1. The zero-order chi connectivity index (χ0) is 14.9. The standard InChI is InChI=1S/C12H12ClF5N2/c13-10-8(15)2-1-7(14)9(10)11(12(16,17)18)20-5-3-19-4-6-20/h1-2,11,19H,3-6H2/t11-/m0/s1. The molecule has 1 saturated heterocycles. The fraction of sp³-hybridized carbons (Fsp3) is 0.500. The Kier molecular flexibility index (Phi) is 4.51. The quantitative estimate of drug-likeness (QED) is 0.666. The minimum absolute atomic E-state index is 0.0798. The van der Waals surface area contributed by atoms with Gasteiger partial charge < -0.3 is 5.32 Å². The van der Waals surface area contributed by atoms with Crippen molar-refractivity contribution in [2.45, 2.75) is 12.2 Å². The summed E-state index contributed by atoms with van der Waals surface area (Å²) in [6.07, 6.45) is -4.74. The van der Waals surface area contributed by atoms with E-state index in [9.17, 15) is 22.0 Å². The summed E-state index contributed by atoms with van der Waals surface area (Å²) in [6, 6.07) is -0.864. The molecular formula is C12H12ClF5N2. The van der Waals surface area contributed by atoms with Gasteiger partial charge in [0, 0.05) is 31.7 Å². The lowest BCUT2D eigenvalue weighted by atomic mass is 10.0. The maximum atomic E-state index is 13.8. The summed E-state index contributed by atoms with van der Waals surface area (Å²) >= 11 is 5.56. The van der Waals surface area contributed by atoms with E-state index in [2.05, 4.69) is 5.32 Å². The topological polar surface area (TPSA) is 15.3 Å². The van der Waals surface area contributed by atoms with E-state index in [-0.39, 0.29) is 13.1 Å². The summed E-state index contributed by atoms with van der Waals surface area (Å²) < 4.78 is 67.0. The van der Waals surface area contributed by atoms with Crippen LogP contribution in [0.1, 0.15) is 11.6 Å². The Morgan fingerprint density at radius 3 is 2.20 bits per heavy atom. The lowest BCUT2D eigenvalue weighted by molar-refractivity contribution is -0.188. The molecule has 112 valence electrons. The zero-order valence-corrected chi connectivity index (χ0v) is 11.0. The summed E-state index contributed by atoms with van der Waals surface area (Å²) in [5.41, 5.74) is -0.846. The van der Waals surface area contributed by atoms with Gasteiger partial charge in [-0.05, 0) is 12.1 Å². The molecule has 1 aliphatic heterocycles. The second kappa shape index (κ2) is 5.83. The highest BCUT2D eigenvalue weighted by Crippen LogP contribution is 2.42. The Labute approximate surface area is 117 Å². The molecule has 1 aliphatic rings. The molecule has 1 N–H and O–H groups in total. The Morgan fingerprint density at radius 1 is 1.10 bits per heavy atom. The van der Waals surface area contributed by atoms with Gasteiger partial charge in [-0.3, -0.25) is 4.90 Å². The predicted molar refractivity (Wildman–Crippen MR) is 64.6 cm³/mol. The molecule has 0 spiro atoms. The van der Waals surface area contributed by atoms with Gasteiger partial charge in [0.1, 0.15) is 17.7 Å². The van der Waals surface area contributed by atoms with E-state index in [1.165, 1.54) is 0 Å². The van der Waals surface area contributed by atoms with E-state index in [4.69, 9.17) is 11.6 Å². The highest BCUT2D eigenvalue weighted by atomic mass is 35.5. The van der Waals surface area contributed by atoms with Crippen LogP contribution < -0.4 is 5.32 Å². The molecule has 0 aliphatic carbocycles. The van der Waals surface area contributed by atoms with Gasteiger partial charge in [-0.1, -0.05) is 11.6 Å². The van der Waals surface area contributed by atoms with Crippen molar-refractivity contribution in [2.24, 2.45) is 0 Å². The van der Waals surface area contributed by atoms with Crippen LogP contribution in [-0.2, 0) is 0 Å². The van der Waals surface area contributed by atoms with Gasteiger partial charge in [-0.15, -0.1) is 0 Å². The van der Waals surface area contributed by atoms with Crippen molar-refractivity contribution >= 4 is 11.6 Å². The minimum Gasteiger partial charge on any atom is -0.314 e. The molecule has 0 unspecified atom stereocenters. The van der Waals surface area contributed by atoms with Crippen molar-refractivity contribution in [3.8, 4) is 0 Å². The van der Waals surface area contributed by atoms with Crippen molar-refractivity contribution in [3.05, 3.63) is 34.4 Å². The highest BCUT2D eigenvalue weighted by molar-refractivity contribution is 6.31. The minimum atomic E-state index is -4.74. The van der Waals surface area contributed by atoms with Crippen LogP contribution in [0.25, 0.3) is 0 Å². The Hall–Kier alpha value is -0.920. The smallest absolute Gasteiger partial charge is 0.314 e. The van der Waals surface area contributed by atoms with Crippen LogP contribution in [0.3, 0.4) is 0 Å². The van der Waals surface area contributed by atoms with Crippen molar-refractivity contribution in [1.82, 2.24) is 10.2 Å². The summed E-state index contributed by atoms with van der Waals surface area (Å²) in [6.45, 7) is 0.856. The molecule has 1 heterocycles. The Bertz CT molecular complexity index is 485. The summed E-state index contributed by atoms with van der Waals surface area (Å²) in [7, 11) is 0. The van der Waals surface area contributed by atoms with Gasteiger partial charge in [0.2, 0.25) is 0 Å².